The summed E-state index contributed by atoms with van der Waals surface area (Å²) in [5.41, 5.74) is 10.5. The number of fused-ring (bicyclic) bond motifs is 1. The van der Waals surface area contributed by atoms with E-state index in [0.29, 0.717) is 15.4 Å². The molecule has 0 aliphatic rings. The van der Waals surface area contributed by atoms with Gasteiger partial charge in [-0.1, -0.05) is 24.6 Å². The third-order valence-electron chi connectivity index (χ3n) is 5.08. The van der Waals surface area contributed by atoms with E-state index < -0.39 is 0 Å². The number of aromatic nitrogens is 4. The van der Waals surface area contributed by atoms with Gasteiger partial charge >= 0.3 is 0 Å². The van der Waals surface area contributed by atoms with Crippen LogP contribution in [0.2, 0.25) is 5.02 Å². The van der Waals surface area contributed by atoms with Gasteiger partial charge in [0.05, 0.1) is 7.11 Å². The minimum absolute atomic E-state index is 0.126. The smallest absolute Gasteiger partial charge is 0.150 e. The standard InChI is InChI=1S/C21H19BrClN5O/c1-11(21-27-19(22)17-20(24)26-7-8-28(17)21)14-9-15(23)12(2)16(18(14)29-3)13-5-4-6-25-10-13/h4-11H,1-3H3,(H2,24,26). The van der Waals surface area contributed by atoms with E-state index in [-0.39, 0.29) is 5.92 Å². The van der Waals surface area contributed by atoms with E-state index in [2.05, 4.69) is 32.8 Å². The molecule has 2 N–H and O–H groups in total. The Morgan fingerprint density at radius 1 is 1.31 bits per heavy atom. The number of imidazole rings is 1. The molecular formula is C21H19BrClN5O. The van der Waals surface area contributed by atoms with Crippen LogP contribution in [-0.2, 0) is 0 Å². The summed E-state index contributed by atoms with van der Waals surface area (Å²) in [6.45, 7) is 4.05. The molecule has 0 amide bonds. The Morgan fingerprint density at radius 3 is 2.79 bits per heavy atom. The fraction of sp³-hybridized carbons (Fsp3) is 0.190. The Bertz CT molecular complexity index is 1210. The maximum Gasteiger partial charge on any atom is 0.150 e. The van der Waals surface area contributed by atoms with Gasteiger partial charge in [-0.05, 0) is 40.5 Å². The fourth-order valence-electron chi connectivity index (χ4n) is 3.63. The zero-order valence-corrected chi connectivity index (χ0v) is 18.5. The lowest BCUT2D eigenvalue weighted by atomic mass is 9.91. The van der Waals surface area contributed by atoms with Gasteiger partial charge in [0.1, 0.15) is 21.7 Å². The normalized spacial score (nSPS) is 12.3. The van der Waals surface area contributed by atoms with Crippen molar-refractivity contribution in [1.29, 1.82) is 0 Å². The van der Waals surface area contributed by atoms with E-state index >= 15 is 0 Å². The molecule has 3 aromatic heterocycles. The summed E-state index contributed by atoms with van der Waals surface area (Å²) in [7, 11) is 1.67. The van der Waals surface area contributed by atoms with Crippen molar-refractivity contribution < 1.29 is 4.74 Å². The van der Waals surface area contributed by atoms with Crippen LogP contribution in [0.1, 0.15) is 29.8 Å². The van der Waals surface area contributed by atoms with Crippen molar-refractivity contribution in [2.24, 2.45) is 0 Å². The first-order valence-electron chi connectivity index (χ1n) is 8.99. The molecule has 1 unspecified atom stereocenters. The molecule has 3 heterocycles. The Morgan fingerprint density at radius 2 is 2.10 bits per heavy atom. The minimum atomic E-state index is -0.126. The van der Waals surface area contributed by atoms with Crippen molar-refractivity contribution >= 4 is 38.9 Å². The Labute approximate surface area is 181 Å². The number of ether oxygens (including phenoxy) is 1. The molecule has 0 radical (unpaired) electrons. The van der Waals surface area contributed by atoms with E-state index in [1.807, 2.05) is 41.9 Å². The molecular weight excluding hydrogens is 454 g/mol. The number of nitrogens with two attached hydrogens (primary N) is 1. The molecule has 6 nitrogen and oxygen atoms in total. The number of nitrogens with zero attached hydrogens (tertiary/aromatic N) is 4. The van der Waals surface area contributed by atoms with Gasteiger partial charge in [-0.15, -0.1) is 0 Å². The summed E-state index contributed by atoms with van der Waals surface area (Å²) in [6, 6.07) is 5.84. The average Bonchev–Trinajstić information content (AvgIpc) is 3.07. The summed E-state index contributed by atoms with van der Waals surface area (Å²) in [4.78, 5) is 13.1. The number of halogens is 2. The molecule has 1 atom stereocenters. The van der Waals surface area contributed by atoms with Crippen molar-refractivity contribution in [3.8, 4) is 16.9 Å². The van der Waals surface area contributed by atoms with Gasteiger partial charge in [-0.3, -0.25) is 9.38 Å². The van der Waals surface area contributed by atoms with Gasteiger partial charge in [-0.2, -0.15) is 0 Å². The van der Waals surface area contributed by atoms with Gasteiger partial charge < -0.3 is 10.5 Å². The highest BCUT2D eigenvalue weighted by Crippen LogP contribution is 2.44. The number of anilines is 1. The van der Waals surface area contributed by atoms with Crippen molar-refractivity contribution in [3.63, 3.8) is 0 Å². The molecule has 0 aliphatic heterocycles. The van der Waals surface area contributed by atoms with Crippen LogP contribution in [0, 0.1) is 6.92 Å². The van der Waals surface area contributed by atoms with Crippen LogP contribution in [-0.4, -0.2) is 26.5 Å². The molecule has 148 valence electrons. The van der Waals surface area contributed by atoms with Crippen molar-refractivity contribution in [2.45, 2.75) is 19.8 Å². The minimum Gasteiger partial charge on any atom is -0.496 e. The van der Waals surface area contributed by atoms with Crippen LogP contribution in [0.15, 0.2) is 47.6 Å². The zero-order chi connectivity index (χ0) is 20.7. The van der Waals surface area contributed by atoms with Crippen LogP contribution < -0.4 is 10.5 Å². The first-order valence-corrected chi connectivity index (χ1v) is 10.2. The van der Waals surface area contributed by atoms with Crippen molar-refractivity contribution in [1.82, 2.24) is 19.4 Å². The monoisotopic (exact) mass is 471 g/mol. The second kappa shape index (κ2) is 7.65. The van der Waals surface area contributed by atoms with Crippen LogP contribution in [0.5, 0.6) is 5.75 Å². The van der Waals surface area contributed by atoms with Gasteiger partial charge in [0.25, 0.3) is 0 Å². The predicted molar refractivity (Wildman–Crippen MR) is 119 cm³/mol. The lowest BCUT2D eigenvalue weighted by Crippen LogP contribution is -2.07. The molecule has 4 rings (SSSR count). The van der Waals surface area contributed by atoms with Crippen LogP contribution in [0.3, 0.4) is 0 Å². The molecule has 0 saturated heterocycles. The number of pyridine rings is 1. The van der Waals surface area contributed by atoms with E-state index in [4.69, 9.17) is 27.1 Å². The van der Waals surface area contributed by atoms with Gasteiger partial charge in [0, 0.05) is 52.4 Å². The molecule has 29 heavy (non-hydrogen) atoms. The van der Waals surface area contributed by atoms with Crippen molar-refractivity contribution in [3.05, 3.63) is 69.6 Å². The number of rotatable bonds is 4. The highest BCUT2D eigenvalue weighted by molar-refractivity contribution is 9.10. The number of benzene rings is 1. The lowest BCUT2D eigenvalue weighted by Gasteiger charge is -2.21. The molecule has 0 aliphatic carbocycles. The maximum atomic E-state index is 6.64. The average molecular weight is 473 g/mol. The molecule has 0 fully saturated rings. The van der Waals surface area contributed by atoms with E-state index in [1.54, 1.807) is 19.5 Å². The summed E-state index contributed by atoms with van der Waals surface area (Å²) in [5.74, 6) is 1.84. The number of hydrogen-bond acceptors (Lipinski definition) is 5. The zero-order valence-electron chi connectivity index (χ0n) is 16.1. The Hall–Kier alpha value is -2.64. The van der Waals surface area contributed by atoms with Gasteiger partial charge in [0.2, 0.25) is 0 Å². The number of methoxy groups -OCH3 is 1. The van der Waals surface area contributed by atoms with Crippen LogP contribution in [0.25, 0.3) is 16.6 Å². The molecule has 1 aromatic carbocycles. The van der Waals surface area contributed by atoms with Gasteiger partial charge in [-0.25, -0.2) is 9.97 Å². The topological polar surface area (TPSA) is 78.3 Å². The lowest BCUT2D eigenvalue weighted by molar-refractivity contribution is 0.409. The molecule has 0 spiro atoms. The quantitative estimate of drug-likeness (QED) is 0.438. The number of nitrogen functional groups attached to an aromatic ring is 1. The van der Waals surface area contributed by atoms with Crippen molar-refractivity contribution in [2.75, 3.05) is 12.8 Å². The van der Waals surface area contributed by atoms with E-state index in [9.17, 15) is 0 Å². The first-order chi connectivity index (χ1) is 13.9. The highest BCUT2D eigenvalue weighted by atomic mass is 79.9. The highest BCUT2D eigenvalue weighted by Gasteiger charge is 2.25. The second-order valence-corrected chi connectivity index (χ2v) is 7.89. The molecule has 4 aromatic rings. The Balaban J connectivity index is 1.97. The second-order valence-electron chi connectivity index (χ2n) is 6.74. The molecule has 0 saturated carbocycles. The molecule has 0 bridgehead atoms. The number of hydrogen-bond donors (Lipinski definition) is 1. The maximum absolute atomic E-state index is 6.64. The third kappa shape index (κ3) is 3.24. The van der Waals surface area contributed by atoms with E-state index in [1.165, 1.54) is 0 Å². The third-order valence-corrected chi connectivity index (χ3v) is 6.03. The predicted octanol–water partition coefficient (Wildman–Crippen LogP) is 5.26. The van der Waals surface area contributed by atoms with Crippen LogP contribution >= 0.6 is 27.5 Å². The largest absolute Gasteiger partial charge is 0.496 e. The first kappa shape index (κ1) is 19.7. The summed E-state index contributed by atoms with van der Waals surface area (Å²) < 4.78 is 8.47. The summed E-state index contributed by atoms with van der Waals surface area (Å²) in [6.07, 6.45) is 7.06. The van der Waals surface area contributed by atoms with Crippen LogP contribution in [0.4, 0.5) is 5.82 Å². The SMILES string of the molecule is COc1c(C(C)c2nc(Br)c3c(N)nccn23)cc(Cl)c(C)c1-c1cccnc1. The molecule has 8 heteroatoms. The van der Waals surface area contributed by atoms with E-state index in [0.717, 1.165) is 39.3 Å². The fourth-order valence-corrected chi connectivity index (χ4v) is 4.42. The summed E-state index contributed by atoms with van der Waals surface area (Å²) >= 11 is 10.1. The van der Waals surface area contributed by atoms with Gasteiger partial charge in [0.15, 0.2) is 5.82 Å². The summed E-state index contributed by atoms with van der Waals surface area (Å²) in [5, 5.41) is 0.660. The Kier molecular flexibility index (Phi) is 5.19.